The molecule has 0 radical (unpaired) electrons. The number of methoxy groups -OCH3 is 1. The van der Waals surface area contributed by atoms with E-state index in [1.165, 1.54) is 19.4 Å². The van der Waals surface area contributed by atoms with Crippen molar-refractivity contribution in [1.82, 2.24) is 24.7 Å². The van der Waals surface area contributed by atoms with Crippen LogP contribution in [0.15, 0.2) is 65.7 Å². The highest BCUT2D eigenvalue weighted by molar-refractivity contribution is 5.86. The lowest BCUT2D eigenvalue weighted by Crippen LogP contribution is -2.44. The number of rotatable bonds is 4. The Kier molecular flexibility index (Phi) is 5.79. The number of halogens is 3. The summed E-state index contributed by atoms with van der Waals surface area (Å²) in [5.74, 6) is 0.475. The fourth-order valence-corrected chi connectivity index (χ4v) is 4.92. The van der Waals surface area contributed by atoms with Crippen LogP contribution in [0.1, 0.15) is 5.56 Å². The maximum absolute atomic E-state index is 14.2. The monoisotopic (exact) mass is 520 g/mol. The molecule has 3 aromatic heterocycles. The average Bonchev–Trinajstić information content (AvgIpc) is 3.39. The molecule has 1 aliphatic rings. The van der Waals surface area contributed by atoms with Crippen LogP contribution in [0, 0.1) is 0 Å². The maximum atomic E-state index is 14.2. The number of nitrogens with one attached hydrogen (secondary N) is 2. The molecule has 0 amide bonds. The number of piperazine rings is 1. The second kappa shape index (κ2) is 9.18. The molecule has 5 aromatic rings. The molecule has 194 valence electrons. The number of hydrogen-bond acceptors (Lipinski definition) is 6. The summed E-state index contributed by atoms with van der Waals surface area (Å²) in [6, 6.07) is 13.4. The zero-order valence-corrected chi connectivity index (χ0v) is 20.3. The first kappa shape index (κ1) is 24.0. The molecule has 1 fully saturated rings. The minimum absolute atomic E-state index is 0.0947. The predicted octanol–water partition coefficient (Wildman–Crippen LogP) is 4.34. The topological polar surface area (TPSA) is 87.5 Å². The Hall–Kier alpha value is -4.38. The van der Waals surface area contributed by atoms with Gasteiger partial charge in [0.25, 0.3) is 5.56 Å². The summed E-state index contributed by atoms with van der Waals surface area (Å²) in [6.07, 6.45) is -1.45. The number of aromatic nitrogens is 4. The summed E-state index contributed by atoms with van der Waals surface area (Å²) in [5, 5.41) is 3.16. The van der Waals surface area contributed by atoms with Crippen molar-refractivity contribution in [2.75, 3.05) is 38.2 Å². The van der Waals surface area contributed by atoms with Crippen molar-refractivity contribution in [3.63, 3.8) is 0 Å². The Labute approximate surface area is 214 Å². The Morgan fingerprint density at radius 3 is 2.39 bits per heavy atom. The van der Waals surface area contributed by atoms with E-state index in [1.54, 1.807) is 33.7 Å². The molecule has 2 aromatic carbocycles. The number of pyridine rings is 1. The summed E-state index contributed by atoms with van der Waals surface area (Å²) in [7, 11) is 1.53. The highest BCUT2D eigenvalue weighted by Gasteiger charge is 2.36. The third kappa shape index (κ3) is 4.14. The van der Waals surface area contributed by atoms with E-state index in [0.29, 0.717) is 54.3 Å². The number of hydrogen-bond donors (Lipinski definition) is 2. The van der Waals surface area contributed by atoms with Crippen LogP contribution in [0.2, 0.25) is 0 Å². The van der Waals surface area contributed by atoms with Gasteiger partial charge in [-0.05, 0) is 35.9 Å². The van der Waals surface area contributed by atoms with Gasteiger partial charge in [-0.15, -0.1) is 0 Å². The van der Waals surface area contributed by atoms with Gasteiger partial charge >= 0.3 is 6.18 Å². The number of nitrogens with zero attached hydrogens (tertiary/aromatic N) is 4. The zero-order valence-electron chi connectivity index (χ0n) is 20.3. The van der Waals surface area contributed by atoms with Crippen LogP contribution in [-0.4, -0.2) is 52.6 Å². The number of fused-ring (bicyclic) bond motifs is 3. The number of H-pyrrole nitrogens is 1. The van der Waals surface area contributed by atoms with Gasteiger partial charge in [0.1, 0.15) is 0 Å². The van der Waals surface area contributed by atoms with Crippen molar-refractivity contribution in [2.24, 2.45) is 0 Å². The first-order valence-electron chi connectivity index (χ1n) is 12.0. The first-order chi connectivity index (χ1) is 18.3. The summed E-state index contributed by atoms with van der Waals surface area (Å²) in [5.41, 5.74) is 2.54. The Morgan fingerprint density at radius 2 is 1.68 bits per heavy atom. The van der Waals surface area contributed by atoms with Gasteiger partial charge in [-0.1, -0.05) is 12.1 Å². The summed E-state index contributed by atoms with van der Waals surface area (Å²) < 4.78 is 49.4. The number of benzene rings is 2. The lowest BCUT2D eigenvalue weighted by atomic mass is 10.0. The molecular formula is C27H23F3N6O2. The van der Waals surface area contributed by atoms with Crippen molar-refractivity contribution in [2.45, 2.75) is 6.18 Å². The molecule has 0 aliphatic carbocycles. The van der Waals surface area contributed by atoms with Gasteiger partial charge < -0.3 is 19.9 Å². The third-order valence-corrected chi connectivity index (χ3v) is 6.79. The second-order valence-corrected chi connectivity index (χ2v) is 9.04. The molecule has 0 spiro atoms. The molecule has 0 saturated carbocycles. The molecule has 4 heterocycles. The minimum Gasteiger partial charge on any atom is -0.481 e. The number of anilines is 1. The van der Waals surface area contributed by atoms with E-state index in [0.717, 1.165) is 17.2 Å². The second-order valence-electron chi connectivity index (χ2n) is 9.04. The predicted molar refractivity (Wildman–Crippen MR) is 139 cm³/mol. The largest absolute Gasteiger partial charge is 0.481 e. The van der Waals surface area contributed by atoms with Crippen LogP contribution in [-0.2, 0) is 6.18 Å². The molecule has 8 nitrogen and oxygen atoms in total. The van der Waals surface area contributed by atoms with Crippen LogP contribution in [0.5, 0.6) is 5.88 Å². The summed E-state index contributed by atoms with van der Waals surface area (Å²) in [4.78, 5) is 25.9. The zero-order chi connectivity index (χ0) is 26.4. The van der Waals surface area contributed by atoms with Crippen molar-refractivity contribution in [1.29, 1.82) is 0 Å². The van der Waals surface area contributed by atoms with Crippen molar-refractivity contribution in [3.8, 4) is 28.3 Å². The molecule has 2 N–H and O–H groups in total. The quantitative estimate of drug-likeness (QED) is 0.367. The first-order valence-corrected chi connectivity index (χ1v) is 12.0. The van der Waals surface area contributed by atoms with Gasteiger partial charge in [0.15, 0.2) is 0 Å². The lowest BCUT2D eigenvalue weighted by Gasteiger charge is -2.31. The van der Waals surface area contributed by atoms with E-state index in [4.69, 9.17) is 4.74 Å². The molecule has 38 heavy (non-hydrogen) atoms. The number of aromatic amines is 1. The van der Waals surface area contributed by atoms with Gasteiger partial charge in [-0.2, -0.15) is 13.2 Å². The molecule has 0 bridgehead atoms. The summed E-state index contributed by atoms with van der Waals surface area (Å²) in [6.45, 7) is 2.21. The Balaban J connectivity index is 1.54. The van der Waals surface area contributed by atoms with Gasteiger partial charge in [-0.25, -0.2) is 9.97 Å². The van der Waals surface area contributed by atoms with E-state index in [1.807, 2.05) is 18.2 Å². The molecule has 6 rings (SSSR count). The van der Waals surface area contributed by atoms with Crippen LogP contribution in [0.4, 0.5) is 18.9 Å². The van der Waals surface area contributed by atoms with Gasteiger partial charge in [0, 0.05) is 55.3 Å². The van der Waals surface area contributed by atoms with Crippen LogP contribution < -0.4 is 20.5 Å². The fourth-order valence-electron chi connectivity index (χ4n) is 4.92. The number of alkyl halides is 3. The number of ether oxygens (including phenoxy) is 1. The summed E-state index contributed by atoms with van der Waals surface area (Å²) >= 11 is 0. The molecule has 1 saturated heterocycles. The van der Waals surface area contributed by atoms with E-state index in [2.05, 4.69) is 20.3 Å². The standard InChI is InChI=1S/C27H23F3N6O2/c1-38-24-7-4-18(14-32-24)16-2-5-20-22(13-16)36-23(15-33-25(36)26(37)34-20)17-3-6-21(19(12-17)27(28,29)30)35-10-8-31-9-11-35/h2-7,12-15,31H,8-11H2,1H3,(H,34,37). The van der Waals surface area contributed by atoms with E-state index >= 15 is 0 Å². The molecule has 11 heteroatoms. The van der Waals surface area contributed by atoms with Crippen molar-refractivity contribution < 1.29 is 17.9 Å². The van der Waals surface area contributed by atoms with E-state index in [-0.39, 0.29) is 11.3 Å². The van der Waals surface area contributed by atoms with Gasteiger partial charge in [-0.3, -0.25) is 9.20 Å². The molecule has 0 atom stereocenters. The molecule has 1 aliphatic heterocycles. The Bertz CT molecular complexity index is 1700. The molecular weight excluding hydrogens is 497 g/mol. The van der Waals surface area contributed by atoms with Crippen molar-refractivity contribution in [3.05, 3.63) is 76.8 Å². The third-order valence-electron chi connectivity index (χ3n) is 6.79. The van der Waals surface area contributed by atoms with Crippen LogP contribution >= 0.6 is 0 Å². The van der Waals surface area contributed by atoms with Crippen molar-refractivity contribution >= 4 is 22.4 Å². The number of imidazole rings is 1. The van der Waals surface area contributed by atoms with Crippen LogP contribution in [0.3, 0.4) is 0 Å². The highest BCUT2D eigenvalue weighted by atomic mass is 19.4. The minimum atomic E-state index is -4.55. The lowest BCUT2D eigenvalue weighted by molar-refractivity contribution is -0.137. The fraction of sp³-hybridized carbons (Fsp3) is 0.222. The maximum Gasteiger partial charge on any atom is 0.418 e. The highest BCUT2D eigenvalue weighted by Crippen LogP contribution is 2.39. The average molecular weight is 521 g/mol. The van der Waals surface area contributed by atoms with E-state index in [9.17, 15) is 18.0 Å². The van der Waals surface area contributed by atoms with Crippen LogP contribution in [0.25, 0.3) is 39.1 Å². The van der Waals surface area contributed by atoms with Gasteiger partial charge in [0.05, 0.1) is 35.6 Å². The smallest absolute Gasteiger partial charge is 0.418 e. The van der Waals surface area contributed by atoms with Gasteiger partial charge in [0.2, 0.25) is 11.5 Å². The normalized spacial score (nSPS) is 14.4. The SMILES string of the molecule is COc1ccc(-c2ccc3[nH]c(=O)c4ncc(-c5ccc(N6CCNCC6)c(C(F)(F)F)c5)n4c3c2)cn1. The van der Waals surface area contributed by atoms with E-state index < -0.39 is 17.3 Å². The molecule has 0 unspecified atom stereocenters. The Morgan fingerprint density at radius 1 is 0.921 bits per heavy atom.